The van der Waals surface area contributed by atoms with Crippen LogP contribution in [0.3, 0.4) is 0 Å². The number of anilines is 4. The SMILES string of the molecule is CC.Cc1c(-c2ccccn2)nc2cc(F)ccc2c1Nc1cc(N2CCOCC2)cnc1N1CCOCC1. The molecule has 39 heavy (non-hydrogen) atoms. The van der Waals surface area contributed by atoms with Crippen molar-refractivity contribution < 1.29 is 13.9 Å². The summed E-state index contributed by atoms with van der Waals surface area (Å²) in [5, 5.41) is 4.53. The van der Waals surface area contributed by atoms with Crippen molar-refractivity contribution in [1.82, 2.24) is 15.0 Å². The van der Waals surface area contributed by atoms with E-state index in [1.807, 2.05) is 45.2 Å². The third kappa shape index (κ3) is 5.79. The Morgan fingerprint density at radius 2 is 1.59 bits per heavy atom. The van der Waals surface area contributed by atoms with E-state index in [1.165, 1.54) is 12.1 Å². The van der Waals surface area contributed by atoms with Crippen molar-refractivity contribution in [3.8, 4) is 11.4 Å². The molecular weight excluding hydrogens is 495 g/mol. The van der Waals surface area contributed by atoms with Crippen molar-refractivity contribution in [2.24, 2.45) is 0 Å². The zero-order chi connectivity index (χ0) is 27.2. The van der Waals surface area contributed by atoms with E-state index in [0.717, 1.165) is 65.7 Å². The van der Waals surface area contributed by atoms with Crippen LogP contribution in [0.25, 0.3) is 22.3 Å². The van der Waals surface area contributed by atoms with Crippen LogP contribution in [0.4, 0.5) is 27.3 Å². The molecule has 9 heteroatoms. The van der Waals surface area contributed by atoms with Gasteiger partial charge in [0.05, 0.1) is 66.6 Å². The monoisotopic (exact) mass is 530 g/mol. The molecule has 204 valence electrons. The van der Waals surface area contributed by atoms with Crippen molar-refractivity contribution in [2.75, 3.05) is 67.7 Å². The number of benzene rings is 1. The summed E-state index contributed by atoms with van der Waals surface area (Å²) in [6.45, 7) is 11.9. The molecule has 3 aromatic heterocycles. The summed E-state index contributed by atoms with van der Waals surface area (Å²) < 4.78 is 25.4. The van der Waals surface area contributed by atoms with Crippen LogP contribution in [0.1, 0.15) is 19.4 Å². The van der Waals surface area contributed by atoms with Crippen LogP contribution >= 0.6 is 0 Å². The van der Waals surface area contributed by atoms with Gasteiger partial charge in [-0.15, -0.1) is 0 Å². The number of ether oxygens (including phenoxy) is 2. The van der Waals surface area contributed by atoms with E-state index in [-0.39, 0.29) is 5.82 Å². The quantitative estimate of drug-likeness (QED) is 0.358. The standard InChI is InChI=1S/C28H29FN6O2.C2H6/c1-19-26(22-6-5-20(29)16-24(22)32-27(19)23-4-2-3-7-30-23)33-25-17-21(34-8-12-36-13-9-34)18-31-28(25)35-10-14-37-15-11-35;1-2/h2-7,16-18H,8-15H2,1H3,(H,32,33);1-2H3. The van der Waals surface area contributed by atoms with Gasteiger partial charge < -0.3 is 24.6 Å². The van der Waals surface area contributed by atoms with E-state index >= 15 is 0 Å². The largest absolute Gasteiger partial charge is 0.378 e. The molecule has 0 spiro atoms. The number of nitrogens with zero attached hydrogens (tertiary/aromatic N) is 5. The van der Waals surface area contributed by atoms with E-state index in [2.05, 4.69) is 26.2 Å². The average molecular weight is 531 g/mol. The number of hydrogen-bond donors (Lipinski definition) is 1. The Labute approximate surface area is 228 Å². The minimum Gasteiger partial charge on any atom is -0.378 e. The molecule has 2 aliphatic rings. The van der Waals surface area contributed by atoms with Crippen LogP contribution in [-0.2, 0) is 9.47 Å². The number of nitrogens with one attached hydrogen (secondary N) is 1. The molecule has 6 rings (SSSR count). The summed E-state index contributed by atoms with van der Waals surface area (Å²) >= 11 is 0. The molecule has 8 nitrogen and oxygen atoms in total. The molecule has 4 aromatic rings. The van der Waals surface area contributed by atoms with Crippen molar-refractivity contribution >= 4 is 33.8 Å². The molecular formula is C30H35FN6O2. The second kappa shape index (κ2) is 12.4. The summed E-state index contributed by atoms with van der Waals surface area (Å²) in [6.07, 6.45) is 3.68. The second-order valence-electron chi connectivity index (χ2n) is 9.23. The van der Waals surface area contributed by atoms with Gasteiger partial charge in [-0.25, -0.2) is 14.4 Å². The lowest BCUT2D eigenvalue weighted by Gasteiger charge is -2.32. The molecule has 0 radical (unpaired) electrons. The molecule has 0 unspecified atom stereocenters. The van der Waals surface area contributed by atoms with Crippen molar-refractivity contribution in [3.05, 3.63) is 66.2 Å². The Balaban J connectivity index is 0.00000151. The highest BCUT2D eigenvalue weighted by Gasteiger charge is 2.22. The Bertz CT molecular complexity index is 1410. The molecule has 5 heterocycles. The normalized spacial score (nSPS) is 15.6. The van der Waals surface area contributed by atoms with Crippen LogP contribution in [0, 0.1) is 12.7 Å². The third-order valence-corrected chi connectivity index (χ3v) is 6.90. The minimum absolute atomic E-state index is 0.327. The van der Waals surface area contributed by atoms with Gasteiger partial charge in [-0.05, 0) is 37.3 Å². The molecule has 2 fully saturated rings. The summed E-state index contributed by atoms with van der Waals surface area (Å²) in [4.78, 5) is 18.8. The Morgan fingerprint density at radius 3 is 2.28 bits per heavy atom. The van der Waals surface area contributed by atoms with Crippen molar-refractivity contribution in [3.63, 3.8) is 0 Å². The summed E-state index contributed by atoms with van der Waals surface area (Å²) in [5.74, 6) is 0.540. The first-order valence-corrected chi connectivity index (χ1v) is 13.6. The van der Waals surface area contributed by atoms with E-state index in [1.54, 1.807) is 12.3 Å². The van der Waals surface area contributed by atoms with Crippen LogP contribution in [0.2, 0.25) is 0 Å². The van der Waals surface area contributed by atoms with E-state index in [9.17, 15) is 4.39 Å². The molecule has 0 bridgehead atoms. The molecule has 2 aliphatic heterocycles. The molecule has 0 aliphatic carbocycles. The highest BCUT2D eigenvalue weighted by atomic mass is 19.1. The number of pyridine rings is 3. The van der Waals surface area contributed by atoms with Gasteiger partial charge in [0.15, 0.2) is 5.82 Å². The fourth-order valence-electron chi connectivity index (χ4n) is 4.94. The number of rotatable bonds is 5. The molecule has 0 saturated carbocycles. The highest BCUT2D eigenvalue weighted by Crippen LogP contribution is 2.38. The van der Waals surface area contributed by atoms with Crippen molar-refractivity contribution in [1.29, 1.82) is 0 Å². The van der Waals surface area contributed by atoms with Gasteiger partial charge >= 0.3 is 0 Å². The molecule has 0 amide bonds. The number of halogens is 1. The molecule has 0 atom stereocenters. The summed E-state index contributed by atoms with van der Waals surface area (Å²) in [7, 11) is 0. The van der Waals surface area contributed by atoms with Gasteiger partial charge in [0.25, 0.3) is 0 Å². The number of hydrogen-bond acceptors (Lipinski definition) is 8. The maximum Gasteiger partial charge on any atom is 0.152 e. The summed E-state index contributed by atoms with van der Waals surface area (Å²) in [5.41, 5.74) is 5.74. The lowest BCUT2D eigenvalue weighted by molar-refractivity contribution is 0.122. The Kier molecular flexibility index (Phi) is 8.48. The van der Waals surface area contributed by atoms with E-state index in [4.69, 9.17) is 19.4 Å². The Hall–Kier alpha value is -3.82. The van der Waals surface area contributed by atoms with Gasteiger partial charge in [0.1, 0.15) is 5.82 Å². The van der Waals surface area contributed by atoms with Gasteiger partial charge in [-0.3, -0.25) is 4.98 Å². The van der Waals surface area contributed by atoms with Crippen LogP contribution in [-0.4, -0.2) is 67.6 Å². The minimum atomic E-state index is -0.327. The molecule has 1 aromatic carbocycles. The highest BCUT2D eigenvalue weighted by molar-refractivity contribution is 5.98. The lowest BCUT2D eigenvalue weighted by atomic mass is 10.0. The predicted molar refractivity (Wildman–Crippen MR) is 155 cm³/mol. The first-order chi connectivity index (χ1) is 19.2. The first kappa shape index (κ1) is 26.8. The smallest absolute Gasteiger partial charge is 0.152 e. The second-order valence-corrected chi connectivity index (χ2v) is 9.23. The maximum atomic E-state index is 14.3. The first-order valence-electron chi connectivity index (χ1n) is 13.6. The fourth-order valence-corrected chi connectivity index (χ4v) is 4.94. The molecule has 1 N–H and O–H groups in total. The van der Waals surface area contributed by atoms with Crippen LogP contribution < -0.4 is 15.1 Å². The predicted octanol–water partition coefficient (Wildman–Crippen LogP) is 5.58. The Morgan fingerprint density at radius 1 is 0.872 bits per heavy atom. The third-order valence-electron chi connectivity index (χ3n) is 6.90. The van der Waals surface area contributed by atoms with E-state index in [0.29, 0.717) is 37.6 Å². The number of morpholine rings is 2. The summed E-state index contributed by atoms with van der Waals surface area (Å²) in [6, 6.07) is 12.6. The zero-order valence-corrected chi connectivity index (χ0v) is 22.8. The number of fused-ring (bicyclic) bond motifs is 1. The van der Waals surface area contributed by atoms with Crippen molar-refractivity contribution in [2.45, 2.75) is 20.8 Å². The van der Waals surface area contributed by atoms with Crippen LogP contribution in [0.15, 0.2) is 54.9 Å². The zero-order valence-electron chi connectivity index (χ0n) is 22.8. The van der Waals surface area contributed by atoms with Crippen LogP contribution in [0.5, 0.6) is 0 Å². The van der Waals surface area contributed by atoms with Gasteiger partial charge in [0, 0.05) is 49.4 Å². The topological polar surface area (TPSA) is 75.6 Å². The lowest BCUT2D eigenvalue weighted by Crippen LogP contribution is -2.38. The fraction of sp³-hybridized carbons (Fsp3) is 0.367. The number of aromatic nitrogens is 3. The average Bonchev–Trinajstić information content (AvgIpc) is 3.00. The maximum absolute atomic E-state index is 14.3. The van der Waals surface area contributed by atoms with E-state index < -0.39 is 0 Å². The van der Waals surface area contributed by atoms with Gasteiger partial charge in [-0.2, -0.15) is 0 Å². The van der Waals surface area contributed by atoms with Gasteiger partial charge in [0.2, 0.25) is 0 Å². The molecule has 2 saturated heterocycles. The van der Waals surface area contributed by atoms with Gasteiger partial charge in [-0.1, -0.05) is 19.9 Å².